The number of carbonyl (C=O) groups excluding carboxylic acids is 3. The number of methoxy groups -OCH3 is 1. The summed E-state index contributed by atoms with van der Waals surface area (Å²) in [4.78, 5) is 41.5. The molecule has 0 radical (unpaired) electrons. The van der Waals surface area contributed by atoms with Crippen molar-refractivity contribution in [1.82, 2.24) is 5.32 Å². The van der Waals surface area contributed by atoms with Crippen LogP contribution in [0.2, 0.25) is 0 Å². The number of nitrogens with zero attached hydrogens (tertiary/aromatic N) is 1. The summed E-state index contributed by atoms with van der Waals surface area (Å²) >= 11 is 1.49. The van der Waals surface area contributed by atoms with Gasteiger partial charge < -0.3 is 14.5 Å². The Kier molecular flexibility index (Phi) is 7.80. The lowest BCUT2D eigenvalue weighted by molar-refractivity contribution is -0.127. The molecule has 1 aliphatic carbocycles. The summed E-state index contributed by atoms with van der Waals surface area (Å²) in [5.41, 5.74) is 0.854. The molecule has 0 bridgehead atoms. The Bertz CT molecular complexity index is 1090. The average molecular weight is 481 g/mol. The minimum Gasteiger partial charge on any atom is -0.467 e. The Balaban J connectivity index is 1.70. The van der Waals surface area contributed by atoms with Crippen LogP contribution in [-0.2, 0) is 20.7 Å². The molecule has 2 amide bonds. The van der Waals surface area contributed by atoms with E-state index in [4.69, 9.17) is 9.15 Å². The summed E-state index contributed by atoms with van der Waals surface area (Å²) in [5.74, 6) is -0.614. The number of hydrogen-bond acceptors (Lipinski definition) is 6. The van der Waals surface area contributed by atoms with Gasteiger partial charge >= 0.3 is 5.97 Å². The summed E-state index contributed by atoms with van der Waals surface area (Å²) in [6.07, 6.45) is 6.81. The van der Waals surface area contributed by atoms with Crippen molar-refractivity contribution in [2.24, 2.45) is 0 Å². The molecule has 0 aliphatic heterocycles. The maximum atomic E-state index is 13.6. The van der Waals surface area contributed by atoms with Gasteiger partial charge in [-0.05, 0) is 60.7 Å². The Morgan fingerprint density at radius 2 is 1.85 bits per heavy atom. The number of rotatable bonds is 8. The smallest absolute Gasteiger partial charge is 0.337 e. The van der Waals surface area contributed by atoms with Gasteiger partial charge in [0.1, 0.15) is 5.76 Å². The van der Waals surface area contributed by atoms with Crippen LogP contribution in [0.3, 0.4) is 0 Å². The molecule has 3 aromatic rings. The van der Waals surface area contributed by atoms with E-state index in [1.54, 1.807) is 36.4 Å². The lowest BCUT2D eigenvalue weighted by atomic mass is 9.95. The first kappa shape index (κ1) is 23.8. The Morgan fingerprint density at radius 1 is 1.09 bits per heavy atom. The van der Waals surface area contributed by atoms with Gasteiger partial charge in [-0.1, -0.05) is 25.3 Å². The number of nitrogens with one attached hydrogen (secondary N) is 1. The fraction of sp³-hybridized carbons (Fsp3) is 0.346. The van der Waals surface area contributed by atoms with Crippen molar-refractivity contribution < 1.29 is 23.5 Å². The first-order valence-corrected chi connectivity index (χ1v) is 12.3. The van der Waals surface area contributed by atoms with Crippen molar-refractivity contribution in [2.45, 2.75) is 50.6 Å². The summed E-state index contributed by atoms with van der Waals surface area (Å²) in [6.45, 7) is 0. The second-order valence-corrected chi connectivity index (χ2v) is 9.35. The molecule has 2 aromatic heterocycles. The zero-order valence-electron chi connectivity index (χ0n) is 19.1. The molecular formula is C26H28N2O5S. The number of thiophene rings is 1. The van der Waals surface area contributed by atoms with Gasteiger partial charge in [0.2, 0.25) is 5.91 Å². The van der Waals surface area contributed by atoms with Crippen molar-refractivity contribution in [3.05, 3.63) is 76.4 Å². The predicted molar refractivity (Wildman–Crippen MR) is 130 cm³/mol. The molecule has 1 fully saturated rings. The van der Waals surface area contributed by atoms with Crippen LogP contribution < -0.4 is 10.2 Å². The van der Waals surface area contributed by atoms with Crippen molar-refractivity contribution in [1.29, 1.82) is 0 Å². The highest BCUT2D eigenvalue weighted by atomic mass is 32.1. The molecule has 1 aliphatic rings. The monoisotopic (exact) mass is 480 g/mol. The highest BCUT2D eigenvalue weighted by Gasteiger charge is 2.36. The number of hydrogen-bond donors (Lipinski definition) is 1. The molecule has 7 nitrogen and oxygen atoms in total. The Labute approximate surface area is 202 Å². The molecule has 0 saturated heterocycles. The molecule has 1 aromatic carbocycles. The van der Waals surface area contributed by atoms with Crippen LogP contribution >= 0.6 is 11.3 Å². The fourth-order valence-corrected chi connectivity index (χ4v) is 5.00. The van der Waals surface area contributed by atoms with Crippen LogP contribution in [0.5, 0.6) is 0 Å². The van der Waals surface area contributed by atoms with Crippen LogP contribution in [0.4, 0.5) is 5.69 Å². The van der Waals surface area contributed by atoms with Gasteiger partial charge in [0.15, 0.2) is 6.04 Å². The highest BCUT2D eigenvalue weighted by molar-refractivity contribution is 7.10. The minimum absolute atomic E-state index is 0.0784. The molecule has 1 atom stereocenters. The van der Waals surface area contributed by atoms with Crippen molar-refractivity contribution in [3.63, 3.8) is 0 Å². The van der Waals surface area contributed by atoms with Crippen molar-refractivity contribution in [2.75, 3.05) is 12.0 Å². The summed E-state index contributed by atoms with van der Waals surface area (Å²) in [7, 11) is 1.32. The highest BCUT2D eigenvalue weighted by Crippen LogP contribution is 2.31. The summed E-state index contributed by atoms with van der Waals surface area (Å²) in [6, 6.07) is 12.8. The zero-order valence-corrected chi connectivity index (χ0v) is 19.9. The molecule has 1 unspecified atom stereocenters. The third kappa shape index (κ3) is 5.56. The van der Waals surface area contributed by atoms with E-state index in [2.05, 4.69) is 5.32 Å². The van der Waals surface area contributed by atoms with E-state index in [1.165, 1.54) is 36.0 Å². The van der Waals surface area contributed by atoms with Crippen LogP contribution in [0.1, 0.15) is 59.1 Å². The molecule has 0 spiro atoms. The average Bonchev–Trinajstić information content (AvgIpc) is 3.57. The topological polar surface area (TPSA) is 88.8 Å². The molecule has 1 saturated carbocycles. The normalized spacial score (nSPS) is 14.9. The number of carbonyl (C=O) groups is 3. The SMILES string of the molecule is COC(=O)c1ccc(N(C(=O)Cc2cccs2)C(C(=O)NC2CCCCC2)c2ccco2)cc1. The number of amides is 2. The van der Waals surface area contributed by atoms with Gasteiger partial charge in [-0.15, -0.1) is 11.3 Å². The van der Waals surface area contributed by atoms with Crippen molar-refractivity contribution >= 4 is 34.8 Å². The first-order chi connectivity index (χ1) is 16.6. The number of benzene rings is 1. The van der Waals surface area contributed by atoms with Crippen LogP contribution in [-0.4, -0.2) is 30.9 Å². The third-order valence-corrected chi connectivity index (χ3v) is 6.89. The van der Waals surface area contributed by atoms with Gasteiger partial charge in [-0.2, -0.15) is 0 Å². The lowest BCUT2D eigenvalue weighted by Gasteiger charge is -2.32. The van der Waals surface area contributed by atoms with Crippen molar-refractivity contribution in [3.8, 4) is 0 Å². The molecule has 178 valence electrons. The third-order valence-electron chi connectivity index (χ3n) is 6.01. The van der Waals surface area contributed by atoms with E-state index in [0.717, 1.165) is 30.6 Å². The number of ether oxygens (including phenoxy) is 1. The standard InChI is InChI=1S/C26H28N2O5S/c1-32-26(31)18-11-13-20(14-12-18)28(23(29)17-21-9-6-16-34-21)24(22-10-5-15-33-22)25(30)27-19-7-3-2-4-8-19/h5-6,9-16,19,24H,2-4,7-8,17H2,1H3,(H,27,30). The summed E-state index contributed by atoms with van der Waals surface area (Å²) in [5, 5.41) is 5.06. The Morgan fingerprint density at radius 3 is 2.47 bits per heavy atom. The second kappa shape index (κ2) is 11.2. The van der Waals surface area contributed by atoms with Crippen LogP contribution in [0.25, 0.3) is 0 Å². The largest absolute Gasteiger partial charge is 0.467 e. The maximum Gasteiger partial charge on any atom is 0.337 e. The van der Waals surface area contributed by atoms with E-state index in [1.807, 2.05) is 17.5 Å². The predicted octanol–water partition coefficient (Wildman–Crippen LogP) is 4.89. The van der Waals surface area contributed by atoms with E-state index >= 15 is 0 Å². The van der Waals surface area contributed by atoms with E-state index in [-0.39, 0.29) is 24.3 Å². The molecule has 34 heavy (non-hydrogen) atoms. The zero-order chi connectivity index (χ0) is 23.9. The van der Waals surface area contributed by atoms with Gasteiger partial charge in [0, 0.05) is 16.6 Å². The molecule has 2 heterocycles. The molecular weight excluding hydrogens is 452 g/mol. The Hall–Kier alpha value is -3.39. The van der Waals surface area contributed by atoms with E-state index in [0.29, 0.717) is 17.0 Å². The summed E-state index contributed by atoms with van der Waals surface area (Å²) < 4.78 is 10.4. The number of esters is 1. The van der Waals surface area contributed by atoms with Crippen LogP contribution in [0.15, 0.2) is 64.6 Å². The number of anilines is 1. The quantitative estimate of drug-likeness (QED) is 0.464. The van der Waals surface area contributed by atoms with Gasteiger partial charge in [-0.3, -0.25) is 14.5 Å². The van der Waals surface area contributed by atoms with Gasteiger partial charge in [0.25, 0.3) is 5.91 Å². The fourth-order valence-electron chi connectivity index (χ4n) is 4.31. The molecule has 1 N–H and O–H groups in total. The number of furan rings is 1. The van der Waals surface area contributed by atoms with E-state index < -0.39 is 12.0 Å². The van der Waals surface area contributed by atoms with Gasteiger partial charge in [0.05, 0.1) is 25.4 Å². The van der Waals surface area contributed by atoms with Gasteiger partial charge in [-0.25, -0.2) is 4.79 Å². The van der Waals surface area contributed by atoms with Crippen LogP contribution in [0, 0.1) is 0 Å². The second-order valence-electron chi connectivity index (χ2n) is 8.32. The maximum absolute atomic E-state index is 13.6. The van der Waals surface area contributed by atoms with E-state index in [9.17, 15) is 14.4 Å². The molecule has 8 heteroatoms. The lowest BCUT2D eigenvalue weighted by Crippen LogP contribution is -2.47. The first-order valence-electron chi connectivity index (χ1n) is 11.4. The minimum atomic E-state index is -0.978. The molecule has 4 rings (SSSR count).